The van der Waals surface area contributed by atoms with E-state index in [2.05, 4.69) is 10.5 Å². The van der Waals surface area contributed by atoms with Gasteiger partial charge in [-0.3, -0.25) is 4.79 Å². The predicted octanol–water partition coefficient (Wildman–Crippen LogP) is 1.41. The van der Waals surface area contributed by atoms with Gasteiger partial charge in [0.1, 0.15) is 5.75 Å². The Bertz CT molecular complexity index is 626. The highest BCUT2D eigenvalue weighted by Gasteiger charge is 2.12. The van der Waals surface area contributed by atoms with E-state index in [4.69, 9.17) is 5.73 Å². The molecule has 0 saturated carbocycles. The van der Waals surface area contributed by atoms with Gasteiger partial charge in [-0.2, -0.15) is 5.10 Å². The van der Waals surface area contributed by atoms with Gasteiger partial charge in [0.05, 0.1) is 12.3 Å². The summed E-state index contributed by atoms with van der Waals surface area (Å²) < 4.78 is 0. The van der Waals surface area contributed by atoms with Gasteiger partial charge in [-0.25, -0.2) is 5.43 Å². The largest absolute Gasteiger partial charge is 0.507 e. The third kappa shape index (κ3) is 4.43. The molecule has 21 heavy (non-hydrogen) atoms. The zero-order chi connectivity index (χ0) is 15.1. The zero-order valence-electron chi connectivity index (χ0n) is 11.4. The van der Waals surface area contributed by atoms with Crippen molar-refractivity contribution in [3.05, 3.63) is 65.7 Å². The van der Waals surface area contributed by atoms with Crippen LogP contribution in [0.4, 0.5) is 0 Å². The highest BCUT2D eigenvalue weighted by molar-refractivity contribution is 5.86. The number of aromatic hydroxyl groups is 1. The molecule has 0 bridgehead atoms. The average Bonchev–Trinajstić information content (AvgIpc) is 2.50. The second-order valence-corrected chi connectivity index (χ2v) is 4.59. The lowest BCUT2D eigenvalue weighted by Gasteiger charge is -2.09. The topological polar surface area (TPSA) is 87.7 Å². The number of nitrogens with one attached hydrogen (secondary N) is 1. The normalized spacial score (nSPS) is 12.2. The summed E-state index contributed by atoms with van der Waals surface area (Å²) in [6.45, 7) is 0. The quantitative estimate of drug-likeness (QED) is 0.572. The molecule has 2 aromatic rings. The molecule has 1 atom stereocenters. The lowest BCUT2D eigenvalue weighted by Crippen LogP contribution is -2.39. The molecule has 0 radical (unpaired) electrons. The molecule has 0 aliphatic heterocycles. The molecule has 5 nitrogen and oxygen atoms in total. The molecule has 108 valence electrons. The summed E-state index contributed by atoms with van der Waals surface area (Å²) in [6, 6.07) is 15.6. The fourth-order valence-corrected chi connectivity index (χ4v) is 1.81. The van der Waals surface area contributed by atoms with Gasteiger partial charge in [-0.15, -0.1) is 0 Å². The van der Waals surface area contributed by atoms with E-state index in [1.54, 1.807) is 24.3 Å². The van der Waals surface area contributed by atoms with Crippen molar-refractivity contribution in [3.8, 4) is 5.75 Å². The number of nitrogens with two attached hydrogens (primary N) is 1. The third-order valence-electron chi connectivity index (χ3n) is 2.95. The lowest BCUT2D eigenvalue weighted by atomic mass is 10.1. The smallest absolute Gasteiger partial charge is 0.257 e. The highest BCUT2D eigenvalue weighted by Crippen LogP contribution is 2.12. The summed E-state index contributed by atoms with van der Waals surface area (Å²) in [5.41, 5.74) is 9.71. The summed E-state index contributed by atoms with van der Waals surface area (Å²) in [7, 11) is 0. The number of carbonyl (C=O) groups is 1. The third-order valence-corrected chi connectivity index (χ3v) is 2.95. The standard InChI is InChI=1S/C16H17N3O2/c17-14(10-12-6-2-1-3-7-12)16(21)19-18-11-13-8-4-5-9-15(13)20/h1-9,11,14,20H,10,17H2,(H,19,21)/b18-11+. The van der Waals surface area contributed by atoms with Crippen LogP contribution >= 0.6 is 0 Å². The summed E-state index contributed by atoms with van der Waals surface area (Å²) >= 11 is 0. The van der Waals surface area contributed by atoms with Gasteiger partial charge in [0, 0.05) is 5.56 Å². The van der Waals surface area contributed by atoms with Crippen LogP contribution in [0.2, 0.25) is 0 Å². The first kappa shape index (κ1) is 14.7. The monoisotopic (exact) mass is 283 g/mol. The van der Waals surface area contributed by atoms with E-state index >= 15 is 0 Å². The van der Waals surface area contributed by atoms with Crippen molar-refractivity contribution in [2.24, 2.45) is 10.8 Å². The van der Waals surface area contributed by atoms with Crippen molar-refractivity contribution in [1.29, 1.82) is 0 Å². The Hall–Kier alpha value is -2.66. The van der Waals surface area contributed by atoms with Crippen LogP contribution in [0.3, 0.4) is 0 Å². The molecule has 0 aliphatic rings. The number of amides is 1. The van der Waals surface area contributed by atoms with Crippen molar-refractivity contribution < 1.29 is 9.90 Å². The number of hydrazone groups is 1. The molecule has 0 spiro atoms. The fraction of sp³-hybridized carbons (Fsp3) is 0.125. The molecule has 0 heterocycles. The minimum Gasteiger partial charge on any atom is -0.507 e. The second kappa shape index (κ2) is 7.21. The first-order chi connectivity index (χ1) is 10.2. The second-order valence-electron chi connectivity index (χ2n) is 4.59. The van der Waals surface area contributed by atoms with Gasteiger partial charge in [-0.1, -0.05) is 42.5 Å². The lowest BCUT2D eigenvalue weighted by molar-refractivity contribution is -0.122. The van der Waals surface area contributed by atoms with Gasteiger partial charge in [-0.05, 0) is 24.1 Å². The van der Waals surface area contributed by atoms with E-state index in [0.717, 1.165) is 5.56 Å². The van der Waals surface area contributed by atoms with Crippen LogP contribution in [0.1, 0.15) is 11.1 Å². The number of para-hydroxylation sites is 1. The average molecular weight is 283 g/mol. The number of nitrogens with zero attached hydrogens (tertiary/aromatic N) is 1. The van der Waals surface area contributed by atoms with E-state index in [-0.39, 0.29) is 11.7 Å². The highest BCUT2D eigenvalue weighted by atomic mass is 16.3. The van der Waals surface area contributed by atoms with Crippen LogP contribution < -0.4 is 11.2 Å². The summed E-state index contributed by atoms with van der Waals surface area (Å²) in [4.78, 5) is 11.8. The van der Waals surface area contributed by atoms with Crippen LogP contribution in [0, 0.1) is 0 Å². The maximum absolute atomic E-state index is 11.8. The van der Waals surface area contributed by atoms with Crippen molar-refractivity contribution in [2.45, 2.75) is 12.5 Å². The van der Waals surface area contributed by atoms with E-state index in [0.29, 0.717) is 12.0 Å². The van der Waals surface area contributed by atoms with Crippen LogP contribution in [-0.2, 0) is 11.2 Å². The van der Waals surface area contributed by atoms with Gasteiger partial charge >= 0.3 is 0 Å². The number of phenolic OH excluding ortho intramolecular Hbond substituents is 1. The van der Waals surface area contributed by atoms with Gasteiger partial charge < -0.3 is 10.8 Å². The number of phenols is 1. The Morgan fingerprint density at radius 1 is 1.19 bits per heavy atom. The van der Waals surface area contributed by atoms with Crippen molar-refractivity contribution in [2.75, 3.05) is 0 Å². The first-order valence-electron chi connectivity index (χ1n) is 6.57. The minimum atomic E-state index is -0.672. The summed E-state index contributed by atoms with van der Waals surface area (Å²) in [5.74, 6) is -0.269. The Balaban J connectivity index is 1.88. The number of benzene rings is 2. The van der Waals surface area contributed by atoms with Crippen molar-refractivity contribution in [1.82, 2.24) is 5.43 Å². The molecule has 2 rings (SSSR count). The Kier molecular flexibility index (Phi) is 5.06. The zero-order valence-corrected chi connectivity index (χ0v) is 11.4. The van der Waals surface area contributed by atoms with Crippen molar-refractivity contribution in [3.63, 3.8) is 0 Å². The number of rotatable bonds is 5. The molecule has 5 heteroatoms. The molecule has 1 unspecified atom stereocenters. The van der Waals surface area contributed by atoms with Crippen LogP contribution in [0.25, 0.3) is 0 Å². The molecular weight excluding hydrogens is 266 g/mol. The van der Waals surface area contributed by atoms with E-state index in [1.807, 2.05) is 30.3 Å². The SMILES string of the molecule is NC(Cc1ccccc1)C(=O)N/N=C/c1ccccc1O. The minimum absolute atomic E-state index is 0.101. The van der Waals surface area contributed by atoms with Gasteiger partial charge in [0.2, 0.25) is 0 Å². The molecule has 0 fully saturated rings. The van der Waals surface area contributed by atoms with Crippen LogP contribution in [0.15, 0.2) is 59.7 Å². The first-order valence-corrected chi connectivity index (χ1v) is 6.57. The van der Waals surface area contributed by atoms with Gasteiger partial charge in [0.15, 0.2) is 0 Å². The predicted molar refractivity (Wildman–Crippen MR) is 82.0 cm³/mol. The van der Waals surface area contributed by atoms with Crippen LogP contribution in [-0.4, -0.2) is 23.3 Å². The van der Waals surface area contributed by atoms with Gasteiger partial charge in [0.25, 0.3) is 5.91 Å². The number of hydrogen-bond acceptors (Lipinski definition) is 4. The van der Waals surface area contributed by atoms with E-state index in [9.17, 15) is 9.90 Å². The molecular formula is C16H17N3O2. The fourth-order valence-electron chi connectivity index (χ4n) is 1.81. The Morgan fingerprint density at radius 3 is 2.57 bits per heavy atom. The molecule has 4 N–H and O–H groups in total. The summed E-state index contributed by atoms with van der Waals surface area (Å²) in [6.07, 6.45) is 1.82. The summed E-state index contributed by atoms with van der Waals surface area (Å²) in [5, 5.41) is 13.4. The van der Waals surface area contributed by atoms with Crippen LogP contribution in [0.5, 0.6) is 5.75 Å². The van der Waals surface area contributed by atoms with E-state index < -0.39 is 6.04 Å². The van der Waals surface area contributed by atoms with E-state index in [1.165, 1.54) is 6.21 Å². The molecule has 0 aliphatic carbocycles. The van der Waals surface area contributed by atoms with Crippen molar-refractivity contribution >= 4 is 12.1 Å². The molecule has 0 saturated heterocycles. The maximum Gasteiger partial charge on any atom is 0.257 e. The molecule has 2 aromatic carbocycles. The molecule has 0 aromatic heterocycles. The Morgan fingerprint density at radius 2 is 1.86 bits per heavy atom. The number of hydrogen-bond donors (Lipinski definition) is 3. The molecule has 1 amide bonds. The maximum atomic E-state index is 11.8. The number of carbonyl (C=O) groups excluding carboxylic acids is 1. The Labute approximate surface area is 123 Å².